The first-order chi connectivity index (χ1) is 17.0. The van der Waals surface area contributed by atoms with E-state index in [1.165, 1.54) is 16.7 Å². The van der Waals surface area contributed by atoms with Gasteiger partial charge in [-0.3, -0.25) is 14.5 Å². The number of unbranched alkanes of at least 4 members (excludes halogenated alkanes) is 1. The molecule has 35 heavy (non-hydrogen) atoms. The molecule has 1 aromatic heterocycles. The molecule has 0 unspecified atom stereocenters. The molecule has 3 aromatic rings. The third-order valence-corrected chi connectivity index (χ3v) is 6.72. The molecule has 1 N–H and O–H groups in total. The smallest absolute Gasteiger partial charge is 0.305 e. The van der Waals surface area contributed by atoms with E-state index in [2.05, 4.69) is 6.92 Å². The monoisotopic (exact) mass is 507 g/mol. The Labute approximate surface area is 213 Å². The van der Waals surface area contributed by atoms with Crippen molar-refractivity contribution >= 4 is 46.3 Å². The summed E-state index contributed by atoms with van der Waals surface area (Å²) in [6.07, 6.45) is 5.50. The molecule has 1 aliphatic rings. The lowest BCUT2D eigenvalue weighted by Gasteiger charge is -2.12. The van der Waals surface area contributed by atoms with Gasteiger partial charge in [-0.1, -0.05) is 67.7 Å². The van der Waals surface area contributed by atoms with Crippen LogP contribution in [0.2, 0.25) is 0 Å². The highest BCUT2D eigenvalue weighted by Crippen LogP contribution is 2.35. The standard InChI is InChI=1S/C26H25N3O4S2/c1-2-3-14-33-21-11-7-8-18(15-21)24-19(17-29(27-24)20-9-5-4-6-10-20)16-22-25(32)28(26(34)35-22)13-12-23(30)31/h4-11,15-17H,2-3,12-14H2,1H3,(H,30,31)/b22-16-. The van der Waals surface area contributed by atoms with Crippen LogP contribution in [0.1, 0.15) is 31.7 Å². The lowest BCUT2D eigenvalue weighted by atomic mass is 10.1. The number of nitrogens with zero attached hydrogens (tertiary/aromatic N) is 3. The minimum atomic E-state index is -0.976. The van der Waals surface area contributed by atoms with Gasteiger partial charge in [0.15, 0.2) is 0 Å². The van der Waals surface area contributed by atoms with Gasteiger partial charge in [-0.2, -0.15) is 5.10 Å². The number of benzene rings is 2. The quantitative estimate of drug-likeness (QED) is 0.224. The van der Waals surface area contributed by atoms with Crippen LogP contribution in [0, 0.1) is 0 Å². The average Bonchev–Trinajstić information content (AvgIpc) is 3.39. The van der Waals surface area contributed by atoms with Gasteiger partial charge < -0.3 is 9.84 Å². The fraction of sp³-hybridized carbons (Fsp3) is 0.231. The van der Waals surface area contributed by atoms with Crippen LogP contribution in [0.25, 0.3) is 23.0 Å². The van der Waals surface area contributed by atoms with Gasteiger partial charge in [-0.15, -0.1) is 0 Å². The van der Waals surface area contributed by atoms with E-state index in [4.69, 9.17) is 27.2 Å². The number of aromatic nitrogens is 2. The van der Waals surface area contributed by atoms with Crippen LogP contribution in [-0.2, 0) is 9.59 Å². The molecule has 0 saturated carbocycles. The fourth-order valence-electron chi connectivity index (χ4n) is 3.54. The molecule has 1 saturated heterocycles. The van der Waals surface area contributed by atoms with E-state index in [-0.39, 0.29) is 18.9 Å². The summed E-state index contributed by atoms with van der Waals surface area (Å²) >= 11 is 6.50. The molecule has 0 atom stereocenters. The Kier molecular flexibility index (Phi) is 7.99. The summed E-state index contributed by atoms with van der Waals surface area (Å²) in [6.45, 7) is 2.81. The van der Waals surface area contributed by atoms with Crippen molar-refractivity contribution in [2.45, 2.75) is 26.2 Å². The molecular weight excluding hydrogens is 482 g/mol. The Bertz CT molecular complexity index is 1270. The maximum Gasteiger partial charge on any atom is 0.305 e. The van der Waals surface area contributed by atoms with Crippen molar-refractivity contribution in [3.8, 4) is 22.7 Å². The molecular formula is C26H25N3O4S2. The molecule has 0 aliphatic carbocycles. The predicted molar refractivity (Wildman–Crippen MR) is 142 cm³/mol. The van der Waals surface area contributed by atoms with Crippen LogP contribution in [0.15, 0.2) is 65.7 Å². The van der Waals surface area contributed by atoms with Gasteiger partial charge >= 0.3 is 5.97 Å². The van der Waals surface area contributed by atoms with Crippen molar-refractivity contribution in [3.05, 3.63) is 71.3 Å². The zero-order valence-electron chi connectivity index (χ0n) is 19.2. The zero-order chi connectivity index (χ0) is 24.8. The number of aliphatic carboxylic acids is 1. The third kappa shape index (κ3) is 5.98. The Morgan fingerprint density at radius 1 is 1.20 bits per heavy atom. The maximum atomic E-state index is 13.0. The van der Waals surface area contributed by atoms with Gasteiger partial charge in [0.05, 0.1) is 23.6 Å². The Morgan fingerprint density at radius 2 is 2.00 bits per heavy atom. The number of carboxylic acids is 1. The summed E-state index contributed by atoms with van der Waals surface area (Å²) in [5, 5.41) is 13.8. The summed E-state index contributed by atoms with van der Waals surface area (Å²) in [6, 6.07) is 17.5. The van der Waals surface area contributed by atoms with Gasteiger partial charge in [-0.05, 0) is 36.8 Å². The van der Waals surface area contributed by atoms with Crippen LogP contribution < -0.4 is 4.74 Å². The Hall–Kier alpha value is -3.43. The number of rotatable bonds is 10. The first-order valence-electron chi connectivity index (χ1n) is 11.3. The summed E-state index contributed by atoms with van der Waals surface area (Å²) in [5.74, 6) is -0.511. The van der Waals surface area contributed by atoms with Gasteiger partial charge in [-0.25, -0.2) is 4.68 Å². The van der Waals surface area contributed by atoms with Crippen LogP contribution in [0.4, 0.5) is 0 Å². The van der Waals surface area contributed by atoms with Gasteiger partial charge in [0.1, 0.15) is 15.8 Å². The van der Waals surface area contributed by atoms with Crippen molar-refractivity contribution in [1.29, 1.82) is 0 Å². The van der Waals surface area contributed by atoms with Crippen molar-refractivity contribution in [2.24, 2.45) is 0 Å². The highest BCUT2D eigenvalue weighted by molar-refractivity contribution is 8.26. The lowest BCUT2D eigenvalue weighted by molar-refractivity contribution is -0.137. The van der Waals surface area contributed by atoms with Gasteiger partial charge in [0.2, 0.25) is 0 Å². The number of carbonyl (C=O) groups excluding carboxylic acids is 1. The number of hydrogen-bond donors (Lipinski definition) is 1. The van der Waals surface area contributed by atoms with Crippen LogP contribution in [0.5, 0.6) is 5.75 Å². The Balaban J connectivity index is 1.71. The average molecular weight is 508 g/mol. The molecule has 180 valence electrons. The summed E-state index contributed by atoms with van der Waals surface area (Å²) < 4.78 is 8.01. The highest BCUT2D eigenvalue weighted by atomic mass is 32.2. The van der Waals surface area contributed by atoms with E-state index in [1.54, 1.807) is 10.8 Å². The minimum absolute atomic E-state index is 0.0462. The SMILES string of the molecule is CCCCOc1cccc(-c2nn(-c3ccccc3)cc2/C=C2\SC(=S)N(CCC(=O)O)C2=O)c1. The number of para-hydroxylation sites is 1. The topological polar surface area (TPSA) is 84.7 Å². The first kappa shape index (κ1) is 24.7. The van der Waals surface area contributed by atoms with Gasteiger partial charge in [0.25, 0.3) is 5.91 Å². The number of hydrogen-bond acceptors (Lipinski definition) is 6. The fourth-order valence-corrected chi connectivity index (χ4v) is 4.84. The van der Waals surface area contributed by atoms with Crippen LogP contribution in [-0.4, -0.2) is 49.1 Å². The highest BCUT2D eigenvalue weighted by Gasteiger charge is 2.32. The number of ether oxygens (including phenoxy) is 1. The summed E-state index contributed by atoms with van der Waals surface area (Å²) in [4.78, 5) is 25.7. The van der Waals surface area contributed by atoms with E-state index in [0.717, 1.165) is 35.4 Å². The maximum absolute atomic E-state index is 13.0. The van der Waals surface area contributed by atoms with Crippen LogP contribution in [0.3, 0.4) is 0 Å². The number of thiocarbonyl (C=S) groups is 1. The number of thioether (sulfide) groups is 1. The minimum Gasteiger partial charge on any atom is -0.494 e. The molecule has 2 aromatic carbocycles. The second-order valence-corrected chi connectivity index (χ2v) is 9.60. The summed E-state index contributed by atoms with van der Waals surface area (Å²) in [5.41, 5.74) is 3.20. The number of amides is 1. The van der Waals surface area contributed by atoms with E-state index < -0.39 is 5.97 Å². The van der Waals surface area contributed by atoms with E-state index >= 15 is 0 Å². The number of carbonyl (C=O) groups is 2. The normalized spacial score (nSPS) is 14.7. The van der Waals surface area contributed by atoms with Crippen molar-refractivity contribution in [3.63, 3.8) is 0 Å². The molecule has 0 spiro atoms. The first-order valence-corrected chi connectivity index (χ1v) is 12.5. The molecule has 9 heteroatoms. The second kappa shape index (κ2) is 11.3. The van der Waals surface area contributed by atoms with E-state index in [9.17, 15) is 9.59 Å². The molecule has 1 amide bonds. The largest absolute Gasteiger partial charge is 0.494 e. The van der Waals surface area contributed by atoms with Crippen molar-refractivity contribution in [1.82, 2.24) is 14.7 Å². The Morgan fingerprint density at radius 3 is 2.74 bits per heavy atom. The van der Waals surface area contributed by atoms with E-state index in [1.807, 2.05) is 60.8 Å². The van der Waals surface area contributed by atoms with E-state index in [0.29, 0.717) is 21.5 Å². The number of carboxylic acid groups (broad SMARTS) is 1. The van der Waals surface area contributed by atoms with Crippen molar-refractivity contribution in [2.75, 3.05) is 13.2 Å². The third-order valence-electron chi connectivity index (χ3n) is 5.35. The molecule has 4 rings (SSSR count). The van der Waals surface area contributed by atoms with Gasteiger partial charge in [0, 0.05) is 23.9 Å². The molecule has 7 nitrogen and oxygen atoms in total. The molecule has 1 aliphatic heterocycles. The molecule has 0 radical (unpaired) electrons. The lowest BCUT2D eigenvalue weighted by Crippen LogP contribution is -2.30. The zero-order valence-corrected chi connectivity index (χ0v) is 20.8. The molecule has 1 fully saturated rings. The van der Waals surface area contributed by atoms with Crippen molar-refractivity contribution < 1.29 is 19.4 Å². The second-order valence-electron chi connectivity index (χ2n) is 7.92. The molecule has 0 bridgehead atoms. The summed E-state index contributed by atoms with van der Waals surface area (Å²) in [7, 11) is 0. The van der Waals surface area contributed by atoms with Crippen LogP contribution >= 0.6 is 24.0 Å². The molecule has 2 heterocycles. The predicted octanol–water partition coefficient (Wildman–Crippen LogP) is 5.39.